The number of piperidine rings is 1. The van der Waals surface area contributed by atoms with Gasteiger partial charge < -0.3 is 11.1 Å². The highest BCUT2D eigenvalue weighted by atomic mass is 32.2. The molecule has 0 bridgehead atoms. The summed E-state index contributed by atoms with van der Waals surface area (Å²) in [5.74, 6) is 0.00238. The second-order valence-corrected chi connectivity index (χ2v) is 9.10. The van der Waals surface area contributed by atoms with Crippen molar-refractivity contribution in [2.75, 3.05) is 18.8 Å². The predicted molar refractivity (Wildman–Crippen MR) is 115 cm³/mol. The first-order valence-electron chi connectivity index (χ1n) is 9.78. The molecule has 0 amide bonds. The third-order valence-corrected chi connectivity index (χ3v) is 6.84. The third-order valence-electron chi connectivity index (χ3n) is 5.09. The van der Waals surface area contributed by atoms with Gasteiger partial charge >= 0.3 is 0 Å². The first-order valence-corrected chi connectivity index (χ1v) is 11.4. The van der Waals surface area contributed by atoms with Crippen molar-refractivity contribution >= 4 is 16.1 Å². The van der Waals surface area contributed by atoms with Crippen LogP contribution in [0, 0.1) is 0 Å². The molecule has 0 unspecified atom stereocenters. The Labute approximate surface area is 168 Å². The topological polar surface area (TPSA) is 75.4 Å². The summed E-state index contributed by atoms with van der Waals surface area (Å²) in [4.78, 5) is 0. The molecule has 2 aromatic carbocycles. The van der Waals surface area contributed by atoms with Crippen molar-refractivity contribution in [3.8, 4) is 0 Å². The van der Waals surface area contributed by atoms with Gasteiger partial charge in [-0.25, -0.2) is 8.42 Å². The van der Waals surface area contributed by atoms with Crippen LogP contribution in [0.1, 0.15) is 29.5 Å². The van der Waals surface area contributed by atoms with Crippen LogP contribution in [0.3, 0.4) is 0 Å². The summed E-state index contributed by atoms with van der Waals surface area (Å²) < 4.78 is 28.0. The largest absolute Gasteiger partial charge is 0.326 e. The summed E-state index contributed by atoms with van der Waals surface area (Å²) in [5.41, 5.74) is 8.67. The van der Waals surface area contributed by atoms with Gasteiger partial charge in [0.2, 0.25) is 10.0 Å². The summed E-state index contributed by atoms with van der Waals surface area (Å²) in [5, 5.41) is 3.31. The Morgan fingerprint density at radius 1 is 1.00 bits per heavy atom. The molecule has 1 aliphatic rings. The van der Waals surface area contributed by atoms with Gasteiger partial charge in [0.1, 0.15) is 0 Å². The molecule has 5 nitrogen and oxygen atoms in total. The molecule has 1 heterocycles. The Morgan fingerprint density at radius 3 is 2.32 bits per heavy atom. The SMILES string of the molecule is NCc1ccc(C=CCS(=O)(=O)N(Cc2ccccc2)C2CCNCC2)cc1. The highest BCUT2D eigenvalue weighted by molar-refractivity contribution is 7.89. The maximum Gasteiger partial charge on any atom is 0.218 e. The summed E-state index contributed by atoms with van der Waals surface area (Å²) in [6.07, 6.45) is 5.29. The van der Waals surface area contributed by atoms with E-state index in [1.807, 2.05) is 60.7 Å². The van der Waals surface area contributed by atoms with Gasteiger partial charge in [-0.3, -0.25) is 0 Å². The molecule has 3 rings (SSSR count). The van der Waals surface area contributed by atoms with Gasteiger partial charge in [0.15, 0.2) is 0 Å². The molecule has 1 aliphatic heterocycles. The fourth-order valence-electron chi connectivity index (χ4n) is 3.48. The Morgan fingerprint density at radius 2 is 1.68 bits per heavy atom. The van der Waals surface area contributed by atoms with Gasteiger partial charge in [-0.2, -0.15) is 4.31 Å². The van der Waals surface area contributed by atoms with Crippen LogP contribution in [0.5, 0.6) is 0 Å². The Balaban J connectivity index is 1.73. The summed E-state index contributed by atoms with van der Waals surface area (Å²) in [7, 11) is -3.40. The number of sulfonamides is 1. The van der Waals surface area contributed by atoms with Crippen molar-refractivity contribution in [1.29, 1.82) is 0 Å². The molecular weight excluding hydrogens is 370 g/mol. The minimum atomic E-state index is -3.40. The molecule has 28 heavy (non-hydrogen) atoms. The molecule has 1 saturated heterocycles. The second kappa shape index (κ2) is 9.98. The van der Waals surface area contributed by atoms with Crippen molar-refractivity contribution in [3.63, 3.8) is 0 Å². The Hall–Kier alpha value is -1.99. The maximum atomic E-state index is 13.2. The highest BCUT2D eigenvalue weighted by Gasteiger charge is 2.30. The number of nitrogens with one attached hydrogen (secondary N) is 1. The molecule has 6 heteroatoms. The summed E-state index contributed by atoms with van der Waals surface area (Å²) in [6.45, 7) is 2.64. The lowest BCUT2D eigenvalue weighted by Crippen LogP contribution is -2.46. The number of hydrogen-bond donors (Lipinski definition) is 2. The van der Waals surface area contributed by atoms with Crippen molar-refractivity contribution in [2.45, 2.75) is 32.0 Å². The van der Waals surface area contributed by atoms with E-state index in [0.29, 0.717) is 13.1 Å². The van der Waals surface area contributed by atoms with Crippen LogP contribution in [0.2, 0.25) is 0 Å². The molecule has 3 N–H and O–H groups in total. The van der Waals surface area contributed by atoms with Crippen LogP contribution in [0.25, 0.3) is 6.08 Å². The van der Waals surface area contributed by atoms with E-state index < -0.39 is 10.0 Å². The Kier molecular flexibility index (Phi) is 7.39. The minimum absolute atomic E-state index is 0.00238. The average molecular weight is 400 g/mol. The molecule has 0 aromatic heterocycles. The van der Waals surface area contributed by atoms with E-state index >= 15 is 0 Å². The van der Waals surface area contributed by atoms with Gasteiger partial charge in [-0.1, -0.05) is 66.7 Å². The van der Waals surface area contributed by atoms with E-state index in [4.69, 9.17) is 5.73 Å². The van der Waals surface area contributed by atoms with Crippen molar-refractivity contribution in [1.82, 2.24) is 9.62 Å². The number of nitrogens with zero attached hydrogens (tertiary/aromatic N) is 1. The van der Waals surface area contributed by atoms with Crippen molar-refractivity contribution in [3.05, 3.63) is 77.4 Å². The molecule has 150 valence electrons. The molecule has 0 spiro atoms. The zero-order chi connectivity index (χ0) is 19.8. The lowest BCUT2D eigenvalue weighted by Gasteiger charge is -2.33. The third kappa shape index (κ3) is 5.75. The highest BCUT2D eigenvalue weighted by Crippen LogP contribution is 2.20. The van der Waals surface area contributed by atoms with Gasteiger partial charge in [-0.15, -0.1) is 0 Å². The number of rotatable bonds is 8. The lowest BCUT2D eigenvalue weighted by atomic mass is 10.1. The zero-order valence-corrected chi connectivity index (χ0v) is 16.9. The molecule has 0 atom stereocenters. The quantitative estimate of drug-likeness (QED) is 0.716. The van der Waals surface area contributed by atoms with Gasteiger partial charge in [0.05, 0.1) is 5.75 Å². The van der Waals surface area contributed by atoms with Crippen molar-refractivity contribution < 1.29 is 8.42 Å². The monoisotopic (exact) mass is 399 g/mol. The zero-order valence-electron chi connectivity index (χ0n) is 16.1. The minimum Gasteiger partial charge on any atom is -0.326 e. The van der Waals surface area contributed by atoms with E-state index in [1.54, 1.807) is 10.4 Å². The lowest BCUT2D eigenvalue weighted by molar-refractivity contribution is 0.257. The average Bonchev–Trinajstić information content (AvgIpc) is 2.73. The van der Waals surface area contributed by atoms with E-state index in [2.05, 4.69) is 5.32 Å². The van der Waals surface area contributed by atoms with Crippen LogP contribution in [-0.4, -0.2) is 37.6 Å². The van der Waals surface area contributed by atoms with Crippen molar-refractivity contribution in [2.24, 2.45) is 5.73 Å². The predicted octanol–water partition coefficient (Wildman–Crippen LogP) is 2.74. The van der Waals surface area contributed by atoms with Crippen LogP contribution < -0.4 is 11.1 Å². The van der Waals surface area contributed by atoms with Gasteiger partial charge in [-0.05, 0) is 42.6 Å². The van der Waals surface area contributed by atoms with Crippen LogP contribution in [-0.2, 0) is 23.1 Å². The van der Waals surface area contributed by atoms with Gasteiger partial charge in [0.25, 0.3) is 0 Å². The van der Waals surface area contributed by atoms with E-state index in [1.165, 1.54) is 0 Å². The first kappa shape index (κ1) is 20.7. The number of benzene rings is 2. The summed E-state index contributed by atoms with van der Waals surface area (Å²) in [6, 6.07) is 17.7. The molecule has 0 radical (unpaired) electrons. The Bertz CT molecular complexity index is 858. The van der Waals surface area contributed by atoms with Gasteiger partial charge in [0, 0.05) is 19.1 Å². The fraction of sp³-hybridized carbons (Fsp3) is 0.364. The molecule has 0 saturated carbocycles. The van der Waals surface area contributed by atoms with Crippen LogP contribution in [0.15, 0.2) is 60.7 Å². The molecular formula is C22H29N3O2S. The fourth-order valence-corrected chi connectivity index (χ4v) is 5.02. The van der Waals surface area contributed by atoms with E-state index in [9.17, 15) is 8.42 Å². The normalized spacial score (nSPS) is 16.1. The first-order chi connectivity index (χ1) is 13.6. The number of hydrogen-bond acceptors (Lipinski definition) is 4. The van der Waals surface area contributed by atoms with Crippen LogP contribution >= 0.6 is 0 Å². The van der Waals surface area contributed by atoms with E-state index in [0.717, 1.165) is 42.6 Å². The number of nitrogens with two attached hydrogens (primary N) is 1. The smallest absolute Gasteiger partial charge is 0.218 e. The molecule has 2 aromatic rings. The summed E-state index contributed by atoms with van der Waals surface area (Å²) >= 11 is 0. The van der Waals surface area contributed by atoms with Crippen LogP contribution in [0.4, 0.5) is 0 Å². The van der Waals surface area contributed by atoms with E-state index in [-0.39, 0.29) is 11.8 Å². The maximum absolute atomic E-state index is 13.2. The standard InChI is InChI=1S/C22H29N3O2S/c23-17-20-10-8-19(9-11-20)7-4-16-28(26,27)25(22-12-14-24-15-13-22)18-21-5-2-1-3-6-21/h1-11,22,24H,12-18,23H2. The molecule has 1 fully saturated rings. The molecule has 0 aliphatic carbocycles. The second-order valence-electron chi connectivity index (χ2n) is 7.14.